The summed E-state index contributed by atoms with van der Waals surface area (Å²) in [6, 6.07) is 14.6. The first kappa shape index (κ1) is 14.6. The summed E-state index contributed by atoms with van der Waals surface area (Å²) in [5.41, 5.74) is 5.17. The molecular weight excluding hydrogens is 308 g/mol. The van der Waals surface area contributed by atoms with Crippen molar-refractivity contribution in [2.75, 3.05) is 0 Å². The van der Waals surface area contributed by atoms with E-state index in [1.54, 1.807) is 12.1 Å². The van der Waals surface area contributed by atoms with Gasteiger partial charge in [0.15, 0.2) is 0 Å². The van der Waals surface area contributed by atoms with Crippen molar-refractivity contribution in [3.63, 3.8) is 0 Å². The summed E-state index contributed by atoms with van der Waals surface area (Å²) < 4.78 is 24.8. The van der Waals surface area contributed by atoms with Crippen LogP contribution in [0.4, 0.5) is 4.39 Å². The van der Waals surface area contributed by atoms with Crippen molar-refractivity contribution >= 4 is 19.4 Å². The first-order valence-electron chi connectivity index (χ1n) is 7.89. The van der Waals surface area contributed by atoms with Crippen LogP contribution in [0.1, 0.15) is 30.0 Å². The number of nitrogens with zero attached hydrogens (tertiary/aromatic N) is 1. The van der Waals surface area contributed by atoms with Crippen LogP contribution >= 0.6 is 8.46 Å². The number of benzene rings is 2. The molecule has 1 aliphatic carbocycles. The molecule has 1 unspecified atom stereocenters. The summed E-state index contributed by atoms with van der Waals surface area (Å²) in [4.78, 5) is 4.86. The van der Waals surface area contributed by atoms with Gasteiger partial charge in [0.2, 0.25) is 0 Å². The molecule has 0 N–H and O–H groups in total. The summed E-state index contributed by atoms with van der Waals surface area (Å²) in [5, 5.41) is 1.05. The summed E-state index contributed by atoms with van der Waals surface area (Å²) in [6.07, 6.45) is 2.85. The number of fused-ring (bicyclic) bond motifs is 1. The molecule has 3 aromatic rings. The minimum atomic E-state index is -0.888. The lowest BCUT2D eigenvalue weighted by Gasteiger charge is -2.16. The Morgan fingerprint density at radius 3 is 2.52 bits per heavy atom. The molecule has 0 bridgehead atoms. The van der Waals surface area contributed by atoms with Crippen LogP contribution in [0.3, 0.4) is 0 Å². The zero-order chi connectivity index (χ0) is 15.8. The van der Waals surface area contributed by atoms with Crippen molar-refractivity contribution in [2.24, 2.45) is 0 Å². The molecule has 0 radical (unpaired) electrons. The van der Waals surface area contributed by atoms with Gasteiger partial charge in [0, 0.05) is 23.2 Å². The summed E-state index contributed by atoms with van der Waals surface area (Å²) in [6.45, 7) is 0. The van der Waals surface area contributed by atoms with Gasteiger partial charge in [-0.3, -0.25) is 4.98 Å². The highest BCUT2D eigenvalue weighted by atomic mass is 31.1. The SMILES string of the molecule is O=[PH2]Cc1c(C2CC2)nc2ccccc2c1-c1ccc(F)cc1. The first-order chi connectivity index (χ1) is 11.3. The molecule has 0 spiro atoms. The van der Waals surface area contributed by atoms with E-state index in [4.69, 9.17) is 4.98 Å². The lowest BCUT2D eigenvalue weighted by Crippen LogP contribution is -2.00. The van der Waals surface area contributed by atoms with Crippen molar-refractivity contribution in [3.05, 3.63) is 65.6 Å². The van der Waals surface area contributed by atoms with E-state index in [0.717, 1.165) is 46.1 Å². The molecule has 1 atom stereocenters. The maximum absolute atomic E-state index is 13.3. The number of hydrogen-bond donors (Lipinski definition) is 0. The van der Waals surface area contributed by atoms with Crippen molar-refractivity contribution in [2.45, 2.75) is 24.9 Å². The predicted octanol–water partition coefficient (Wildman–Crippen LogP) is 5.17. The van der Waals surface area contributed by atoms with Gasteiger partial charge in [0.25, 0.3) is 0 Å². The van der Waals surface area contributed by atoms with Crippen LogP contribution in [0.25, 0.3) is 22.0 Å². The Morgan fingerprint density at radius 1 is 1.09 bits per heavy atom. The van der Waals surface area contributed by atoms with Crippen molar-refractivity contribution in [1.29, 1.82) is 0 Å². The molecule has 1 heterocycles. The molecule has 4 heteroatoms. The normalized spacial score (nSPS) is 14.8. The van der Waals surface area contributed by atoms with E-state index in [9.17, 15) is 8.96 Å². The fraction of sp³-hybridized carbons (Fsp3) is 0.211. The Kier molecular flexibility index (Phi) is 3.74. The van der Waals surface area contributed by atoms with Gasteiger partial charge in [0.1, 0.15) is 5.82 Å². The van der Waals surface area contributed by atoms with Crippen molar-refractivity contribution in [3.8, 4) is 11.1 Å². The molecule has 23 heavy (non-hydrogen) atoms. The van der Waals surface area contributed by atoms with Gasteiger partial charge in [-0.15, -0.1) is 0 Å². The standard InChI is InChI=1S/C19H17FNOP/c20-14-9-7-12(8-10-14)18-15-3-1-2-4-17(15)21-19(13-5-6-13)16(18)11-23-22/h1-4,7-10,13H,5-6,11,23H2. The summed E-state index contributed by atoms with van der Waals surface area (Å²) in [7, 11) is -0.888. The fourth-order valence-electron chi connectivity index (χ4n) is 3.20. The van der Waals surface area contributed by atoms with Crippen LogP contribution in [-0.2, 0) is 10.7 Å². The minimum Gasteiger partial charge on any atom is -0.330 e. The number of para-hydroxylation sites is 1. The minimum absolute atomic E-state index is 0.245. The maximum atomic E-state index is 13.3. The topological polar surface area (TPSA) is 30.0 Å². The van der Waals surface area contributed by atoms with E-state index in [1.165, 1.54) is 12.1 Å². The number of aromatic nitrogens is 1. The number of halogens is 1. The summed E-state index contributed by atoms with van der Waals surface area (Å²) in [5.74, 6) is 0.241. The van der Waals surface area contributed by atoms with Crippen LogP contribution in [0.2, 0.25) is 0 Å². The Morgan fingerprint density at radius 2 is 1.83 bits per heavy atom. The van der Waals surface area contributed by atoms with Gasteiger partial charge < -0.3 is 4.57 Å². The third kappa shape index (κ3) is 2.70. The average molecular weight is 325 g/mol. The van der Waals surface area contributed by atoms with Crippen LogP contribution < -0.4 is 0 Å². The van der Waals surface area contributed by atoms with Gasteiger partial charge in [-0.25, -0.2) is 4.39 Å². The van der Waals surface area contributed by atoms with Gasteiger partial charge in [-0.2, -0.15) is 0 Å². The quantitative estimate of drug-likeness (QED) is 0.619. The van der Waals surface area contributed by atoms with Gasteiger partial charge >= 0.3 is 0 Å². The van der Waals surface area contributed by atoms with E-state index in [1.807, 2.05) is 24.3 Å². The Labute approximate surface area is 135 Å². The maximum Gasteiger partial charge on any atom is 0.123 e. The lowest BCUT2D eigenvalue weighted by molar-refractivity contribution is 0.598. The second kappa shape index (κ2) is 5.90. The number of pyridine rings is 1. The second-order valence-electron chi connectivity index (χ2n) is 6.02. The van der Waals surface area contributed by atoms with Crippen LogP contribution in [0.5, 0.6) is 0 Å². The third-order valence-corrected chi connectivity index (χ3v) is 4.98. The highest BCUT2D eigenvalue weighted by Crippen LogP contribution is 2.45. The molecule has 116 valence electrons. The van der Waals surface area contributed by atoms with Gasteiger partial charge in [0.05, 0.1) is 14.0 Å². The molecule has 2 aromatic carbocycles. The van der Waals surface area contributed by atoms with E-state index in [0.29, 0.717) is 12.1 Å². The average Bonchev–Trinajstić information content (AvgIpc) is 3.40. The third-order valence-electron chi connectivity index (χ3n) is 4.41. The molecule has 1 aliphatic rings. The van der Waals surface area contributed by atoms with E-state index in [-0.39, 0.29) is 5.82 Å². The van der Waals surface area contributed by atoms with E-state index < -0.39 is 8.46 Å². The molecule has 0 saturated heterocycles. The summed E-state index contributed by atoms with van der Waals surface area (Å²) >= 11 is 0. The molecular formula is C19H17FNOP. The molecule has 1 fully saturated rings. The van der Waals surface area contributed by atoms with Crippen LogP contribution in [0.15, 0.2) is 48.5 Å². The predicted molar refractivity (Wildman–Crippen MR) is 93.2 cm³/mol. The number of hydrogen-bond acceptors (Lipinski definition) is 2. The van der Waals surface area contributed by atoms with Crippen molar-refractivity contribution in [1.82, 2.24) is 4.98 Å². The second-order valence-corrected chi connectivity index (χ2v) is 6.76. The monoisotopic (exact) mass is 325 g/mol. The Hall–Kier alpha value is -1.99. The highest BCUT2D eigenvalue weighted by molar-refractivity contribution is 7.22. The Balaban J connectivity index is 2.06. The molecule has 4 rings (SSSR count). The zero-order valence-corrected chi connectivity index (χ0v) is 13.8. The largest absolute Gasteiger partial charge is 0.330 e. The lowest BCUT2D eigenvalue weighted by atomic mass is 9.93. The van der Waals surface area contributed by atoms with Gasteiger partial charge in [-0.05, 0) is 47.7 Å². The fourth-order valence-corrected chi connectivity index (χ4v) is 3.78. The van der Waals surface area contributed by atoms with Crippen molar-refractivity contribution < 1.29 is 8.96 Å². The van der Waals surface area contributed by atoms with E-state index in [2.05, 4.69) is 0 Å². The molecule has 1 aromatic heterocycles. The van der Waals surface area contributed by atoms with Crippen LogP contribution in [-0.4, -0.2) is 4.98 Å². The number of rotatable bonds is 4. The highest BCUT2D eigenvalue weighted by Gasteiger charge is 2.29. The zero-order valence-electron chi connectivity index (χ0n) is 12.6. The molecule has 0 amide bonds. The first-order valence-corrected chi connectivity index (χ1v) is 9.18. The molecule has 2 nitrogen and oxygen atoms in total. The Bertz CT molecular complexity index is 888. The van der Waals surface area contributed by atoms with Gasteiger partial charge in [-0.1, -0.05) is 30.3 Å². The van der Waals surface area contributed by atoms with E-state index >= 15 is 0 Å². The van der Waals surface area contributed by atoms with Crippen LogP contribution in [0, 0.1) is 5.82 Å². The molecule has 1 saturated carbocycles. The molecule has 0 aliphatic heterocycles. The smallest absolute Gasteiger partial charge is 0.123 e.